The predicted octanol–water partition coefficient (Wildman–Crippen LogP) is 3.45. The van der Waals surface area contributed by atoms with Crippen molar-refractivity contribution in [3.63, 3.8) is 0 Å². The van der Waals surface area contributed by atoms with Crippen molar-refractivity contribution in [3.05, 3.63) is 57.8 Å². The zero-order valence-electron chi connectivity index (χ0n) is 11.1. The van der Waals surface area contributed by atoms with Crippen LogP contribution in [-0.4, -0.2) is 12.0 Å². The molecule has 1 N–H and O–H groups in total. The van der Waals surface area contributed by atoms with Gasteiger partial charge in [0.25, 0.3) is 0 Å². The first-order valence-corrected chi connectivity index (χ1v) is 6.95. The molecule has 3 nitrogen and oxygen atoms in total. The number of aryl methyl sites for hydroxylation is 1. The number of rotatable bonds is 5. The number of benzene rings is 1. The van der Waals surface area contributed by atoms with Crippen LogP contribution in [0.2, 0.25) is 0 Å². The molecule has 1 aromatic carbocycles. The van der Waals surface area contributed by atoms with Gasteiger partial charge in [-0.15, -0.1) is 0 Å². The number of aromatic nitrogens is 1. The van der Waals surface area contributed by atoms with E-state index in [1.54, 1.807) is 0 Å². The molecule has 2 rings (SSSR count). The minimum Gasteiger partial charge on any atom is -0.487 e. The van der Waals surface area contributed by atoms with Crippen LogP contribution in [0.4, 0.5) is 0 Å². The van der Waals surface area contributed by atoms with Gasteiger partial charge in [0.05, 0.1) is 5.69 Å². The maximum atomic E-state index is 5.73. The van der Waals surface area contributed by atoms with Crippen molar-refractivity contribution in [3.8, 4) is 5.75 Å². The molecule has 0 aliphatic rings. The number of nitrogens with one attached hydrogen (secondary N) is 1. The zero-order valence-corrected chi connectivity index (χ0v) is 12.7. The Labute approximate surface area is 122 Å². The lowest BCUT2D eigenvalue weighted by Gasteiger charge is -2.08. The molecule has 1 aromatic heterocycles. The second-order valence-electron chi connectivity index (χ2n) is 4.39. The fourth-order valence-corrected chi connectivity index (χ4v) is 1.96. The second kappa shape index (κ2) is 6.68. The van der Waals surface area contributed by atoms with Crippen LogP contribution in [0.15, 0.2) is 41.0 Å². The third-order valence-corrected chi connectivity index (χ3v) is 3.67. The fourth-order valence-electron chi connectivity index (χ4n) is 1.71. The van der Waals surface area contributed by atoms with Gasteiger partial charge in [0.2, 0.25) is 0 Å². The Morgan fingerprint density at radius 2 is 2.11 bits per heavy atom. The number of pyridine rings is 1. The van der Waals surface area contributed by atoms with Gasteiger partial charge in [0.15, 0.2) is 0 Å². The summed E-state index contributed by atoms with van der Waals surface area (Å²) in [6.45, 7) is 3.36. The van der Waals surface area contributed by atoms with Crippen molar-refractivity contribution < 1.29 is 4.74 Å². The van der Waals surface area contributed by atoms with Gasteiger partial charge in [0.1, 0.15) is 12.4 Å². The van der Waals surface area contributed by atoms with E-state index in [4.69, 9.17) is 4.74 Å². The lowest BCUT2D eigenvalue weighted by atomic mass is 10.2. The highest BCUT2D eigenvalue weighted by Crippen LogP contribution is 2.22. The maximum absolute atomic E-state index is 5.73. The zero-order chi connectivity index (χ0) is 13.7. The molecule has 0 spiro atoms. The molecule has 2 aromatic rings. The summed E-state index contributed by atoms with van der Waals surface area (Å²) in [5.41, 5.74) is 3.26. The summed E-state index contributed by atoms with van der Waals surface area (Å²) in [6.07, 6.45) is 1.88. The molecule has 0 fully saturated rings. The number of hydrogen-bond donors (Lipinski definition) is 1. The molecule has 0 saturated carbocycles. The van der Waals surface area contributed by atoms with E-state index in [-0.39, 0.29) is 0 Å². The van der Waals surface area contributed by atoms with Crippen molar-refractivity contribution in [1.82, 2.24) is 10.3 Å². The van der Waals surface area contributed by atoms with Crippen LogP contribution in [0.25, 0.3) is 0 Å². The van der Waals surface area contributed by atoms with Gasteiger partial charge in [-0.25, -0.2) is 0 Å². The Kier molecular flexibility index (Phi) is 4.93. The largest absolute Gasteiger partial charge is 0.487 e. The lowest BCUT2D eigenvalue weighted by molar-refractivity contribution is 0.301. The Balaban J connectivity index is 1.96. The normalized spacial score (nSPS) is 10.5. The van der Waals surface area contributed by atoms with Crippen LogP contribution in [-0.2, 0) is 13.2 Å². The molecule has 100 valence electrons. The highest BCUT2D eigenvalue weighted by atomic mass is 79.9. The molecule has 0 saturated heterocycles. The summed E-state index contributed by atoms with van der Waals surface area (Å²) in [7, 11) is 1.92. The summed E-state index contributed by atoms with van der Waals surface area (Å²) in [5, 5.41) is 3.10. The smallest absolute Gasteiger partial charge is 0.130 e. The molecule has 4 heteroatoms. The fraction of sp³-hybridized carbons (Fsp3) is 0.267. The summed E-state index contributed by atoms with van der Waals surface area (Å²) < 4.78 is 6.82. The molecule has 0 aliphatic carbocycles. The molecular formula is C15H17BrN2O. The highest BCUT2D eigenvalue weighted by molar-refractivity contribution is 9.10. The standard InChI is InChI=1S/C15H17BrN2O/c1-11-7-14(5-6-15(11)16)19-10-13-4-3-12(8-17-2)9-18-13/h3-7,9,17H,8,10H2,1-2H3. The molecule has 0 unspecified atom stereocenters. The van der Waals surface area contributed by atoms with Crippen LogP contribution < -0.4 is 10.1 Å². The third-order valence-electron chi connectivity index (χ3n) is 2.78. The van der Waals surface area contributed by atoms with E-state index in [2.05, 4.69) is 32.3 Å². The van der Waals surface area contributed by atoms with Crippen molar-refractivity contribution in [2.24, 2.45) is 0 Å². The first kappa shape index (κ1) is 14.0. The minimum atomic E-state index is 0.487. The number of nitrogens with zero attached hydrogens (tertiary/aromatic N) is 1. The molecule has 1 heterocycles. The van der Waals surface area contributed by atoms with Crippen molar-refractivity contribution in [2.75, 3.05) is 7.05 Å². The first-order valence-electron chi connectivity index (χ1n) is 6.16. The van der Waals surface area contributed by atoms with Crippen LogP contribution >= 0.6 is 15.9 Å². The quantitative estimate of drug-likeness (QED) is 0.916. The average Bonchev–Trinajstić information content (AvgIpc) is 2.42. The van der Waals surface area contributed by atoms with Gasteiger partial charge in [-0.1, -0.05) is 22.0 Å². The summed E-state index contributed by atoms with van der Waals surface area (Å²) in [6, 6.07) is 10.0. The maximum Gasteiger partial charge on any atom is 0.130 e. The topological polar surface area (TPSA) is 34.1 Å². The molecule has 19 heavy (non-hydrogen) atoms. The Hall–Kier alpha value is -1.39. The van der Waals surface area contributed by atoms with Crippen molar-refractivity contribution in [2.45, 2.75) is 20.1 Å². The number of ether oxygens (including phenoxy) is 1. The van der Waals surface area contributed by atoms with Crippen LogP contribution in [0.3, 0.4) is 0 Å². The Morgan fingerprint density at radius 3 is 2.74 bits per heavy atom. The van der Waals surface area contributed by atoms with Gasteiger partial charge in [-0.3, -0.25) is 4.98 Å². The molecule has 0 radical (unpaired) electrons. The molecular weight excluding hydrogens is 304 g/mol. The van der Waals surface area contributed by atoms with Gasteiger partial charge in [-0.2, -0.15) is 0 Å². The predicted molar refractivity (Wildman–Crippen MR) is 80.2 cm³/mol. The monoisotopic (exact) mass is 320 g/mol. The molecule has 0 bridgehead atoms. The minimum absolute atomic E-state index is 0.487. The molecule has 0 amide bonds. The van der Waals surface area contributed by atoms with Crippen LogP contribution in [0, 0.1) is 6.92 Å². The van der Waals surface area contributed by atoms with E-state index >= 15 is 0 Å². The van der Waals surface area contributed by atoms with Gasteiger partial charge in [-0.05, 0) is 49.4 Å². The first-order chi connectivity index (χ1) is 9.19. The summed E-state index contributed by atoms with van der Waals surface area (Å²) in [4.78, 5) is 4.38. The van der Waals surface area contributed by atoms with E-state index in [0.717, 1.165) is 28.0 Å². The lowest BCUT2D eigenvalue weighted by Crippen LogP contribution is -2.06. The van der Waals surface area contributed by atoms with Gasteiger partial charge < -0.3 is 10.1 Å². The van der Waals surface area contributed by atoms with E-state index in [0.29, 0.717) is 6.61 Å². The van der Waals surface area contributed by atoms with Crippen molar-refractivity contribution in [1.29, 1.82) is 0 Å². The molecule has 0 atom stereocenters. The van der Waals surface area contributed by atoms with Crippen LogP contribution in [0.5, 0.6) is 5.75 Å². The number of halogens is 1. The Morgan fingerprint density at radius 1 is 1.26 bits per heavy atom. The average molecular weight is 321 g/mol. The Bertz CT molecular complexity index is 540. The number of hydrogen-bond acceptors (Lipinski definition) is 3. The van der Waals surface area contributed by atoms with Gasteiger partial charge >= 0.3 is 0 Å². The van der Waals surface area contributed by atoms with Gasteiger partial charge in [0, 0.05) is 17.2 Å². The molecule has 0 aliphatic heterocycles. The van der Waals surface area contributed by atoms with E-state index in [9.17, 15) is 0 Å². The summed E-state index contributed by atoms with van der Waals surface area (Å²) >= 11 is 3.47. The highest BCUT2D eigenvalue weighted by Gasteiger charge is 2.00. The summed E-state index contributed by atoms with van der Waals surface area (Å²) in [5.74, 6) is 0.863. The SMILES string of the molecule is CNCc1ccc(COc2ccc(Br)c(C)c2)nc1. The van der Waals surface area contributed by atoms with Crippen molar-refractivity contribution >= 4 is 15.9 Å². The van der Waals surface area contributed by atoms with E-state index in [1.807, 2.05) is 44.4 Å². The van der Waals surface area contributed by atoms with Crippen LogP contribution in [0.1, 0.15) is 16.8 Å². The third kappa shape index (κ3) is 4.04. The second-order valence-corrected chi connectivity index (χ2v) is 5.24. The van der Waals surface area contributed by atoms with E-state index in [1.165, 1.54) is 5.56 Å². The van der Waals surface area contributed by atoms with E-state index < -0.39 is 0 Å².